The van der Waals surface area contributed by atoms with Crippen LogP contribution in [0.4, 0.5) is 18.9 Å². The van der Waals surface area contributed by atoms with Gasteiger partial charge in [0.2, 0.25) is 0 Å². The van der Waals surface area contributed by atoms with Gasteiger partial charge in [-0.25, -0.2) is 0 Å². The number of hydrogen-bond acceptors (Lipinski definition) is 3. The van der Waals surface area contributed by atoms with Crippen molar-refractivity contribution < 1.29 is 23.2 Å². The van der Waals surface area contributed by atoms with Crippen LogP contribution in [-0.2, 0) is 12.6 Å². The predicted octanol–water partition coefficient (Wildman–Crippen LogP) is 3.56. The van der Waals surface area contributed by atoms with E-state index in [0.29, 0.717) is 6.07 Å². The zero-order valence-electron chi connectivity index (χ0n) is 11.4. The van der Waals surface area contributed by atoms with Gasteiger partial charge in [0.15, 0.2) is 0 Å². The molecule has 0 radical (unpaired) electrons. The van der Waals surface area contributed by atoms with Crippen molar-refractivity contribution in [3.05, 3.63) is 39.4 Å². The van der Waals surface area contributed by atoms with Crippen LogP contribution in [0.5, 0.6) is 0 Å². The van der Waals surface area contributed by atoms with Crippen LogP contribution >= 0.6 is 0 Å². The molecule has 0 saturated carbocycles. The summed E-state index contributed by atoms with van der Waals surface area (Å²) in [6.07, 6.45) is -5.60. The Bertz CT molecular complexity index is 507. The average Bonchev–Trinajstić information content (AvgIpc) is 2.26. The van der Waals surface area contributed by atoms with Gasteiger partial charge in [-0.3, -0.25) is 10.1 Å². The minimum absolute atomic E-state index is 0.0715. The van der Waals surface area contributed by atoms with E-state index in [1.54, 1.807) is 20.8 Å². The highest BCUT2D eigenvalue weighted by atomic mass is 19.4. The molecule has 1 aromatic rings. The first-order chi connectivity index (χ1) is 8.93. The fourth-order valence-electron chi connectivity index (χ4n) is 1.60. The molecule has 112 valence electrons. The molecule has 0 heterocycles. The maximum absolute atomic E-state index is 12.5. The number of alkyl halides is 3. The second-order valence-corrected chi connectivity index (χ2v) is 5.68. The van der Waals surface area contributed by atoms with Crippen molar-refractivity contribution in [1.29, 1.82) is 0 Å². The molecule has 0 spiro atoms. The minimum Gasteiger partial charge on any atom is -0.392 e. The third kappa shape index (κ3) is 3.93. The first kappa shape index (κ1) is 16.4. The largest absolute Gasteiger partial charge is 0.416 e. The van der Waals surface area contributed by atoms with E-state index in [2.05, 4.69) is 0 Å². The van der Waals surface area contributed by atoms with Gasteiger partial charge < -0.3 is 5.11 Å². The molecule has 0 fully saturated rings. The van der Waals surface area contributed by atoms with Gasteiger partial charge in [0.05, 0.1) is 16.6 Å². The minimum atomic E-state index is -4.63. The highest BCUT2D eigenvalue weighted by molar-refractivity contribution is 5.44. The van der Waals surface area contributed by atoms with Crippen LogP contribution < -0.4 is 0 Å². The molecule has 1 unspecified atom stereocenters. The van der Waals surface area contributed by atoms with Crippen LogP contribution in [0.15, 0.2) is 18.2 Å². The maximum atomic E-state index is 12.5. The molecule has 0 saturated heterocycles. The molecule has 1 N–H and O–H groups in total. The number of aliphatic hydroxyl groups is 1. The quantitative estimate of drug-likeness (QED) is 0.684. The summed E-state index contributed by atoms with van der Waals surface area (Å²) in [7, 11) is 0. The Morgan fingerprint density at radius 3 is 2.25 bits per heavy atom. The highest BCUT2D eigenvalue weighted by Crippen LogP contribution is 2.34. The van der Waals surface area contributed by atoms with E-state index in [9.17, 15) is 28.4 Å². The van der Waals surface area contributed by atoms with E-state index in [4.69, 9.17) is 0 Å². The zero-order chi connectivity index (χ0) is 15.7. The lowest BCUT2D eigenvalue weighted by molar-refractivity contribution is -0.385. The summed E-state index contributed by atoms with van der Waals surface area (Å²) in [5, 5.41) is 20.8. The fraction of sp³-hybridized carbons (Fsp3) is 0.538. The van der Waals surface area contributed by atoms with E-state index >= 15 is 0 Å². The molecule has 1 aromatic carbocycles. The Labute approximate surface area is 114 Å². The number of rotatable bonds is 3. The molecule has 0 aromatic heterocycles. The second-order valence-electron chi connectivity index (χ2n) is 5.68. The van der Waals surface area contributed by atoms with Crippen LogP contribution in [0, 0.1) is 15.5 Å². The topological polar surface area (TPSA) is 63.4 Å². The Hall–Kier alpha value is -1.63. The van der Waals surface area contributed by atoms with Crippen molar-refractivity contribution in [1.82, 2.24) is 0 Å². The molecule has 20 heavy (non-hydrogen) atoms. The number of halogens is 3. The van der Waals surface area contributed by atoms with E-state index < -0.39 is 33.9 Å². The zero-order valence-corrected chi connectivity index (χ0v) is 11.4. The normalized spacial score (nSPS) is 14.2. The Balaban J connectivity index is 3.18. The Kier molecular flexibility index (Phi) is 4.43. The van der Waals surface area contributed by atoms with Crippen molar-refractivity contribution in [2.24, 2.45) is 5.41 Å². The number of aliphatic hydroxyl groups excluding tert-OH is 1. The molecular formula is C13H16F3NO3. The van der Waals surface area contributed by atoms with Crippen LogP contribution in [0.1, 0.15) is 31.9 Å². The van der Waals surface area contributed by atoms with E-state index in [1.165, 1.54) is 0 Å². The van der Waals surface area contributed by atoms with Gasteiger partial charge in [0, 0.05) is 18.1 Å². The first-order valence-electron chi connectivity index (χ1n) is 5.95. The van der Waals surface area contributed by atoms with Gasteiger partial charge >= 0.3 is 6.18 Å². The van der Waals surface area contributed by atoms with Crippen molar-refractivity contribution >= 4 is 5.69 Å². The summed E-state index contributed by atoms with van der Waals surface area (Å²) in [5.74, 6) is 0. The highest BCUT2D eigenvalue weighted by Gasteiger charge is 2.33. The molecule has 0 bridgehead atoms. The molecule has 1 rings (SSSR count). The van der Waals surface area contributed by atoms with E-state index in [0.717, 1.165) is 12.1 Å². The third-order valence-electron chi connectivity index (χ3n) is 3.02. The second kappa shape index (κ2) is 5.40. The number of hydrogen-bond donors (Lipinski definition) is 1. The van der Waals surface area contributed by atoms with Crippen LogP contribution in [-0.4, -0.2) is 16.1 Å². The molecule has 0 aliphatic rings. The number of nitro benzene ring substituents is 1. The Morgan fingerprint density at radius 1 is 1.30 bits per heavy atom. The summed E-state index contributed by atoms with van der Waals surface area (Å²) in [4.78, 5) is 10.0. The van der Waals surface area contributed by atoms with Crippen LogP contribution in [0.3, 0.4) is 0 Å². The van der Waals surface area contributed by atoms with Gasteiger partial charge in [-0.1, -0.05) is 26.8 Å². The average molecular weight is 291 g/mol. The first-order valence-corrected chi connectivity index (χ1v) is 5.95. The lowest BCUT2D eigenvalue weighted by Crippen LogP contribution is -2.28. The van der Waals surface area contributed by atoms with Crippen molar-refractivity contribution in [2.45, 2.75) is 39.5 Å². The summed E-state index contributed by atoms with van der Waals surface area (Å²) in [5.41, 5.74) is -2.12. The number of benzene rings is 1. The molecule has 0 aliphatic heterocycles. The van der Waals surface area contributed by atoms with Gasteiger partial charge in [-0.05, 0) is 11.5 Å². The van der Waals surface area contributed by atoms with Crippen LogP contribution in [0.25, 0.3) is 0 Å². The lowest BCUT2D eigenvalue weighted by atomic mass is 9.85. The summed E-state index contributed by atoms with van der Waals surface area (Å²) in [6.45, 7) is 5.23. The van der Waals surface area contributed by atoms with E-state index in [-0.39, 0.29) is 12.0 Å². The molecule has 4 nitrogen and oxygen atoms in total. The molecule has 0 amide bonds. The Morgan fingerprint density at radius 2 is 1.85 bits per heavy atom. The van der Waals surface area contributed by atoms with Crippen molar-refractivity contribution in [2.75, 3.05) is 0 Å². The molecule has 0 aliphatic carbocycles. The maximum Gasteiger partial charge on any atom is 0.416 e. The monoisotopic (exact) mass is 291 g/mol. The fourth-order valence-corrected chi connectivity index (χ4v) is 1.60. The number of nitro groups is 1. The van der Waals surface area contributed by atoms with Crippen molar-refractivity contribution in [3.8, 4) is 0 Å². The van der Waals surface area contributed by atoms with Crippen LogP contribution in [0.2, 0.25) is 0 Å². The van der Waals surface area contributed by atoms with Gasteiger partial charge in [-0.2, -0.15) is 13.2 Å². The predicted molar refractivity (Wildman–Crippen MR) is 67.3 cm³/mol. The molecule has 7 heteroatoms. The SMILES string of the molecule is CC(C)(C)C(O)Cc1ccc(C(F)(F)F)cc1[N+](=O)[O-]. The van der Waals surface area contributed by atoms with Gasteiger partial charge in [0.25, 0.3) is 5.69 Å². The molecular weight excluding hydrogens is 275 g/mol. The molecule has 1 atom stereocenters. The summed E-state index contributed by atoms with van der Waals surface area (Å²) >= 11 is 0. The summed E-state index contributed by atoms with van der Waals surface area (Å²) in [6, 6.07) is 2.35. The summed E-state index contributed by atoms with van der Waals surface area (Å²) < 4.78 is 37.6. The third-order valence-corrected chi connectivity index (χ3v) is 3.02. The van der Waals surface area contributed by atoms with Crippen molar-refractivity contribution in [3.63, 3.8) is 0 Å². The lowest BCUT2D eigenvalue weighted by Gasteiger charge is -2.25. The smallest absolute Gasteiger partial charge is 0.392 e. The number of nitrogens with zero attached hydrogens (tertiary/aromatic N) is 1. The van der Waals surface area contributed by atoms with Gasteiger partial charge in [0.1, 0.15) is 0 Å². The van der Waals surface area contributed by atoms with Gasteiger partial charge in [-0.15, -0.1) is 0 Å². The van der Waals surface area contributed by atoms with E-state index in [1.807, 2.05) is 0 Å². The standard InChI is InChI=1S/C13H16F3NO3/c1-12(2,3)11(18)6-8-4-5-9(13(14,15)16)7-10(8)17(19)20/h4-5,7,11,18H,6H2,1-3H3.